The molecule has 3 N–H and O–H groups in total. The molecule has 2 amide bonds. The lowest BCUT2D eigenvalue weighted by Gasteiger charge is -2.27. The largest absolute Gasteiger partial charge is 0.394 e. The summed E-state index contributed by atoms with van der Waals surface area (Å²) in [5, 5.41) is 15.0. The zero-order valence-electron chi connectivity index (χ0n) is 12.5. The fraction of sp³-hybridized carbons (Fsp3) is 0.929. The van der Waals surface area contributed by atoms with Crippen LogP contribution in [0, 0.1) is 5.41 Å². The summed E-state index contributed by atoms with van der Waals surface area (Å²) in [7, 11) is 0. The first-order valence-electron chi connectivity index (χ1n) is 7.11. The van der Waals surface area contributed by atoms with Gasteiger partial charge in [-0.25, -0.2) is 4.79 Å². The third kappa shape index (κ3) is 6.25. The molecule has 3 atom stereocenters. The maximum absolute atomic E-state index is 11.9. The molecule has 19 heavy (non-hydrogen) atoms. The Balaban J connectivity index is 2.35. The fourth-order valence-electron chi connectivity index (χ4n) is 2.42. The van der Waals surface area contributed by atoms with E-state index in [1.807, 2.05) is 6.92 Å². The molecule has 0 bridgehead atoms. The van der Waals surface area contributed by atoms with Gasteiger partial charge in [-0.1, -0.05) is 20.8 Å². The van der Waals surface area contributed by atoms with Crippen molar-refractivity contribution in [3.8, 4) is 0 Å². The molecular weight excluding hydrogens is 244 g/mol. The molecule has 1 saturated heterocycles. The number of aliphatic hydroxyl groups excluding tert-OH is 1. The maximum atomic E-state index is 11.9. The standard InChI is InChI=1S/C14H28N2O3/c1-10(12-6-5-7-19-12)15-13(18)16-11(9-17)8-14(2,3)4/h10-12,17H,5-9H2,1-4H3,(H2,15,16,18). The highest BCUT2D eigenvalue weighted by Crippen LogP contribution is 2.20. The second-order valence-corrected chi connectivity index (χ2v) is 6.60. The molecular formula is C14H28N2O3. The summed E-state index contributed by atoms with van der Waals surface area (Å²) in [4.78, 5) is 11.9. The first-order valence-corrected chi connectivity index (χ1v) is 7.11. The van der Waals surface area contributed by atoms with Crippen LogP contribution in [0.15, 0.2) is 0 Å². The minimum atomic E-state index is -0.230. The van der Waals surface area contributed by atoms with E-state index in [-0.39, 0.29) is 36.2 Å². The quantitative estimate of drug-likeness (QED) is 0.712. The van der Waals surface area contributed by atoms with E-state index in [9.17, 15) is 9.90 Å². The van der Waals surface area contributed by atoms with Crippen LogP contribution in [0.1, 0.15) is 47.0 Å². The van der Waals surface area contributed by atoms with E-state index in [0.717, 1.165) is 25.9 Å². The molecule has 0 aromatic rings. The molecule has 1 rings (SSSR count). The number of ether oxygens (including phenoxy) is 1. The molecule has 1 heterocycles. The van der Waals surface area contributed by atoms with Crippen LogP contribution >= 0.6 is 0 Å². The minimum Gasteiger partial charge on any atom is -0.394 e. The third-order valence-electron chi connectivity index (χ3n) is 3.30. The number of hydrogen-bond donors (Lipinski definition) is 3. The third-order valence-corrected chi connectivity index (χ3v) is 3.30. The number of nitrogens with one attached hydrogen (secondary N) is 2. The van der Waals surface area contributed by atoms with E-state index >= 15 is 0 Å². The van der Waals surface area contributed by atoms with Crippen molar-refractivity contribution in [3.63, 3.8) is 0 Å². The Morgan fingerprint density at radius 2 is 2.11 bits per heavy atom. The molecule has 5 heteroatoms. The van der Waals surface area contributed by atoms with Gasteiger partial charge in [0.25, 0.3) is 0 Å². The van der Waals surface area contributed by atoms with Gasteiger partial charge in [0, 0.05) is 6.61 Å². The summed E-state index contributed by atoms with van der Waals surface area (Å²) in [5.74, 6) is 0. The molecule has 1 fully saturated rings. The number of amides is 2. The Kier molecular flexibility index (Phi) is 6.07. The fourth-order valence-corrected chi connectivity index (χ4v) is 2.42. The second-order valence-electron chi connectivity index (χ2n) is 6.60. The lowest BCUT2D eigenvalue weighted by Crippen LogP contribution is -2.50. The van der Waals surface area contributed by atoms with Gasteiger partial charge in [0.2, 0.25) is 0 Å². The van der Waals surface area contributed by atoms with Crippen LogP contribution in [-0.2, 0) is 4.74 Å². The number of rotatable bonds is 5. The summed E-state index contributed by atoms with van der Waals surface area (Å²) >= 11 is 0. The molecule has 0 aromatic heterocycles. The van der Waals surface area contributed by atoms with Crippen molar-refractivity contribution < 1.29 is 14.6 Å². The van der Waals surface area contributed by atoms with Crippen molar-refractivity contribution in [2.75, 3.05) is 13.2 Å². The number of hydrogen-bond acceptors (Lipinski definition) is 3. The Bertz CT molecular complexity index is 283. The number of urea groups is 1. The van der Waals surface area contributed by atoms with Crippen molar-refractivity contribution in [2.45, 2.75) is 65.1 Å². The Hall–Kier alpha value is -0.810. The van der Waals surface area contributed by atoms with Gasteiger partial charge >= 0.3 is 6.03 Å². The van der Waals surface area contributed by atoms with Crippen molar-refractivity contribution in [3.05, 3.63) is 0 Å². The van der Waals surface area contributed by atoms with E-state index < -0.39 is 0 Å². The van der Waals surface area contributed by atoms with Gasteiger partial charge in [-0.15, -0.1) is 0 Å². The average Bonchev–Trinajstić information content (AvgIpc) is 2.79. The SMILES string of the molecule is CC(NC(=O)NC(CO)CC(C)(C)C)C1CCCO1. The second kappa shape index (κ2) is 7.10. The van der Waals surface area contributed by atoms with Crippen LogP contribution in [0.4, 0.5) is 4.79 Å². The van der Waals surface area contributed by atoms with Gasteiger partial charge in [-0.3, -0.25) is 0 Å². The number of carbonyl (C=O) groups is 1. The summed E-state index contributed by atoms with van der Waals surface area (Å²) in [6, 6.07) is -0.445. The molecule has 1 aliphatic rings. The van der Waals surface area contributed by atoms with Crippen molar-refractivity contribution in [1.82, 2.24) is 10.6 Å². The minimum absolute atomic E-state index is 0.00326. The molecule has 112 valence electrons. The number of carbonyl (C=O) groups excluding carboxylic acids is 1. The highest BCUT2D eigenvalue weighted by atomic mass is 16.5. The molecule has 5 nitrogen and oxygen atoms in total. The zero-order chi connectivity index (χ0) is 14.5. The smallest absolute Gasteiger partial charge is 0.315 e. The van der Waals surface area contributed by atoms with E-state index in [0.29, 0.717) is 0 Å². The summed E-state index contributed by atoms with van der Waals surface area (Å²) in [6.07, 6.45) is 2.90. The van der Waals surface area contributed by atoms with Gasteiger partial charge in [0.05, 0.1) is 24.8 Å². The van der Waals surface area contributed by atoms with Gasteiger partial charge in [-0.05, 0) is 31.6 Å². The summed E-state index contributed by atoms with van der Waals surface area (Å²) in [6.45, 7) is 8.95. The molecule has 1 aliphatic heterocycles. The molecule has 0 aliphatic carbocycles. The van der Waals surface area contributed by atoms with E-state index in [2.05, 4.69) is 31.4 Å². The molecule has 3 unspecified atom stereocenters. The van der Waals surface area contributed by atoms with Crippen molar-refractivity contribution in [2.24, 2.45) is 5.41 Å². The monoisotopic (exact) mass is 272 g/mol. The highest BCUT2D eigenvalue weighted by Gasteiger charge is 2.25. The molecule has 0 saturated carbocycles. The first-order chi connectivity index (χ1) is 8.81. The van der Waals surface area contributed by atoms with Crippen molar-refractivity contribution in [1.29, 1.82) is 0 Å². The Morgan fingerprint density at radius 1 is 1.42 bits per heavy atom. The predicted octanol–water partition coefficient (Wildman–Crippen LogP) is 1.65. The van der Waals surface area contributed by atoms with Crippen molar-refractivity contribution >= 4 is 6.03 Å². The van der Waals surface area contributed by atoms with Gasteiger partial charge < -0.3 is 20.5 Å². The normalized spacial score (nSPS) is 22.9. The predicted molar refractivity (Wildman–Crippen MR) is 75.0 cm³/mol. The zero-order valence-corrected chi connectivity index (χ0v) is 12.5. The lowest BCUT2D eigenvalue weighted by atomic mass is 9.88. The van der Waals surface area contributed by atoms with Crippen LogP contribution in [0.5, 0.6) is 0 Å². The molecule has 0 radical (unpaired) electrons. The first kappa shape index (κ1) is 16.2. The van der Waals surface area contributed by atoms with Gasteiger partial charge in [0.1, 0.15) is 0 Å². The summed E-state index contributed by atoms with van der Waals surface area (Å²) < 4.78 is 5.54. The van der Waals surface area contributed by atoms with Gasteiger partial charge in [-0.2, -0.15) is 0 Å². The summed E-state index contributed by atoms with van der Waals surface area (Å²) in [5.41, 5.74) is 0.0703. The lowest BCUT2D eigenvalue weighted by molar-refractivity contribution is 0.0854. The highest BCUT2D eigenvalue weighted by molar-refractivity contribution is 5.74. The average molecular weight is 272 g/mol. The van der Waals surface area contributed by atoms with Gasteiger partial charge in [0.15, 0.2) is 0 Å². The van der Waals surface area contributed by atoms with E-state index in [1.54, 1.807) is 0 Å². The topological polar surface area (TPSA) is 70.6 Å². The van der Waals surface area contributed by atoms with Crippen LogP contribution in [0.2, 0.25) is 0 Å². The van der Waals surface area contributed by atoms with E-state index in [1.165, 1.54) is 0 Å². The Morgan fingerprint density at radius 3 is 2.58 bits per heavy atom. The molecule has 0 aromatic carbocycles. The molecule has 0 spiro atoms. The number of aliphatic hydroxyl groups is 1. The maximum Gasteiger partial charge on any atom is 0.315 e. The van der Waals surface area contributed by atoms with Crippen LogP contribution in [0.25, 0.3) is 0 Å². The van der Waals surface area contributed by atoms with Crippen LogP contribution in [0.3, 0.4) is 0 Å². The Labute approximate surface area is 116 Å². The van der Waals surface area contributed by atoms with Crippen LogP contribution < -0.4 is 10.6 Å². The van der Waals surface area contributed by atoms with E-state index in [4.69, 9.17) is 4.74 Å². The van der Waals surface area contributed by atoms with Crippen LogP contribution in [-0.4, -0.2) is 42.5 Å².